The molecule has 4 rings (SSSR count). The number of rotatable bonds is 8. The van der Waals surface area contributed by atoms with Gasteiger partial charge in [0.05, 0.1) is 24.7 Å². The Labute approximate surface area is 201 Å². The van der Waals surface area contributed by atoms with E-state index < -0.39 is 5.82 Å². The van der Waals surface area contributed by atoms with Crippen LogP contribution >= 0.6 is 11.6 Å². The predicted molar refractivity (Wildman–Crippen MR) is 130 cm³/mol. The maximum atomic E-state index is 14.4. The predicted octanol–water partition coefficient (Wildman–Crippen LogP) is 4.49. The number of carbonyl (C=O) groups excluding carboxylic acids is 1. The van der Waals surface area contributed by atoms with Gasteiger partial charge in [0, 0.05) is 30.0 Å². The summed E-state index contributed by atoms with van der Waals surface area (Å²) in [5.74, 6) is 0.0547. The lowest BCUT2D eigenvalue weighted by molar-refractivity contribution is -0.121. The van der Waals surface area contributed by atoms with Gasteiger partial charge in [0.25, 0.3) is 5.56 Å². The number of halogens is 2. The van der Waals surface area contributed by atoms with E-state index in [0.717, 1.165) is 11.3 Å². The quantitative estimate of drug-likeness (QED) is 0.404. The maximum Gasteiger partial charge on any atom is 0.273 e. The maximum absolute atomic E-state index is 14.4. The molecule has 0 aliphatic heterocycles. The first-order valence-corrected chi connectivity index (χ1v) is 11.1. The molecule has 1 heterocycles. The van der Waals surface area contributed by atoms with Gasteiger partial charge in [-0.25, -0.2) is 9.37 Å². The first-order valence-electron chi connectivity index (χ1n) is 10.8. The second kappa shape index (κ2) is 10.5. The molecule has 0 spiro atoms. The first kappa shape index (κ1) is 23.4. The summed E-state index contributed by atoms with van der Waals surface area (Å²) in [6, 6.07) is 18.9. The molecule has 0 atom stereocenters. The third-order valence-corrected chi connectivity index (χ3v) is 5.89. The molecule has 174 valence electrons. The van der Waals surface area contributed by atoms with Crippen molar-refractivity contribution in [3.8, 4) is 5.75 Å². The first-order chi connectivity index (χ1) is 16.5. The Bertz CT molecular complexity index is 1370. The van der Waals surface area contributed by atoms with Crippen molar-refractivity contribution in [2.24, 2.45) is 0 Å². The fraction of sp³-hybridized carbons (Fsp3) is 0.192. The fourth-order valence-electron chi connectivity index (χ4n) is 3.67. The van der Waals surface area contributed by atoms with Crippen LogP contribution < -0.4 is 15.6 Å². The fourth-order valence-corrected chi connectivity index (χ4v) is 3.89. The van der Waals surface area contributed by atoms with Crippen molar-refractivity contribution >= 4 is 28.5 Å². The minimum Gasteiger partial charge on any atom is -0.497 e. The number of ether oxygens (including phenoxy) is 1. The van der Waals surface area contributed by atoms with Gasteiger partial charge in [-0.1, -0.05) is 41.9 Å². The van der Waals surface area contributed by atoms with Gasteiger partial charge in [-0.05, 0) is 42.0 Å². The number of nitrogens with one attached hydrogen (secondary N) is 1. The van der Waals surface area contributed by atoms with Crippen LogP contribution in [0.3, 0.4) is 0 Å². The van der Waals surface area contributed by atoms with E-state index in [2.05, 4.69) is 10.3 Å². The Morgan fingerprint density at radius 1 is 1.09 bits per heavy atom. The molecule has 3 aromatic carbocycles. The summed E-state index contributed by atoms with van der Waals surface area (Å²) in [7, 11) is 1.59. The van der Waals surface area contributed by atoms with Crippen molar-refractivity contribution in [3.63, 3.8) is 0 Å². The summed E-state index contributed by atoms with van der Waals surface area (Å²) in [6.07, 6.45) is 0.250. The van der Waals surface area contributed by atoms with Crippen molar-refractivity contribution in [3.05, 3.63) is 105 Å². The highest BCUT2D eigenvalue weighted by Crippen LogP contribution is 2.21. The standard InChI is InChI=1S/C26H23ClFN3O3/c1-34-18-11-9-17(10-12-18)15-29-25(32)14-13-23-26(33)31(24-8-3-2-7-22(24)30-23)16-19-20(27)5-4-6-21(19)28/h2-12H,13-16H2,1H3,(H,29,32). The number of hydrogen-bond donors (Lipinski definition) is 1. The van der Waals surface area contributed by atoms with Crippen LogP contribution in [0.1, 0.15) is 23.2 Å². The molecular formula is C26H23ClFN3O3. The largest absolute Gasteiger partial charge is 0.497 e. The van der Waals surface area contributed by atoms with Gasteiger partial charge in [0.1, 0.15) is 17.3 Å². The zero-order valence-corrected chi connectivity index (χ0v) is 19.3. The van der Waals surface area contributed by atoms with Crippen molar-refractivity contribution in [2.75, 3.05) is 7.11 Å². The average molecular weight is 480 g/mol. The molecule has 4 aromatic rings. The van der Waals surface area contributed by atoms with Crippen molar-refractivity contribution in [2.45, 2.75) is 25.9 Å². The normalized spacial score (nSPS) is 10.9. The number of nitrogens with zero attached hydrogens (tertiary/aromatic N) is 2. The minimum absolute atomic E-state index is 0.0377. The van der Waals surface area contributed by atoms with Crippen LogP contribution in [0, 0.1) is 5.82 Å². The molecule has 1 amide bonds. The molecule has 0 saturated carbocycles. The summed E-state index contributed by atoms with van der Waals surface area (Å²) in [6.45, 7) is 0.327. The average Bonchev–Trinajstić information content (AvgIpc) is 2.85. The van der Waals surface area contributed by atoms with Crippen molar-refractivity contribution in [1.29, 1.82) is 0 Å². The summed E-state index contributed by atoms with van der Waals surface area (Å²) < 4.78 is 21.0. The second-order valence-corrected chi connectivity index (χ2v) is 8.17. The van der Waals surface area contributed by atoms with Gasteiger partial charge in [-0.3, -0.25) is 9.59 Å². The number of amides is 1. The Balaban J connectivity index is 1.53. The molecule has 34 heavy (non-hydrogen) atoms. The molecule has 1 N–H and O–H groups in total. The van der Waals surface area contributed by atoms with E-state index in [0.29, 0.717) is 17.6 Å². The summed E-state index contributed by atoms with van der Waals surface area (Å²) in [4.78, 5) is 30.1. The Hall–Kier alpha value is -3.71. The lowest BCUT2D eigenvalue weighted by Crippen LogP contribution is -2.29. The molecule has 8 heteroatoms. The monoisotopic (exact) mass is 479 g/mol. The number of benzene rings is 3. The van der Waals surface area contributed by atoms with Crippen LogP contribution in [0.4, 0.5) is 4.39 Å². The number of methoxy groups -OCH3 is 1. The van der Waals surface area contributed by atoms with Crippen LogP contribution in [0.2, 0.25) is 5.02 Å². The van der Waals surface area contributed by atoms with Crippen LogP contribution in [0.15, 0.2) is 71.5 Å². The number of aryl methyl sites for hydroxylation is 1. The Morgan fingerprint density at radius 3 is 2.59 bits per heavy atom. The second-order valence-electron chi connectivity index (χ2n) is 7.76. The highest BCUT2D eigenvalue weighted by molar-refractivity contribution is 6.31. The number of para-hydroxylation sites is 2. The zero-order valence-electron chi connectivity index (χ0n) is 18.6. The minimum atomic E-state index is -0.486. The number of fused-ring (bicyclic) bond motifs is 1. The van der Waals surface area contributed by atoms with E-state index in [1.54, 1.807) is 31.4 Å². The SMILES string of the molecule is COc1ccc(CNC(=O)CCc2nc3ccccc3n(Cc3c(F)cccc3Cl)c2=O)cc1. The lowest BCUT2D eigenvalue weighted by Gasteiger charge is -2.14. The smallest absolute Gasteiger partial charge is 0.273 e. The van der Waals surface area contributed by atoms with Gasteiger partial charge in [-0.15, -0.1) is 0 Å². The van der Waals surface area contributed by atoms with E-state index >= 15 is 0 Å². The highest BCUT2D eigenvalue weighted by Gasteiger charge is 2.16. The number of carbonyl (C=O) groups is 1. The molecule has 0 aliphatic carbocycles. The van der Waals surface area contributed by atoms with E-state index in [4.69, 9.17) is 16.3 Å². The lowest BCUT2D eigenvalue weighted by atomic mass is 10.1. The molecule has 0 fully saturated rings. The third kappa shape index (κ3) is 5.26. The van der Waals surface area contributed by atoms with Crippen LogP contribution in [-0.2, 0) is 24.3 Å². The molecule has 1 aromatic heterocycles. The molecule has 0 bridgehead atoms. The van der Waals surface area contributed by atoms with Gasteiger partial charge < -0.3 is 14.6 Å². The van der Waals surface area contributed by atoms with Crippen LogP contribution in [0.25, 0.3) is 11.0 Å². The zero-order chi connectivity index (χ0) is 24.1. The van der Waals surface area contributed by atoms with E-state index in [-0.39, 0.29) is 47.1 Å². The van der Waals surface area contributed by atoms with Gasteiger partial charge in [-0.2, -0.15) is 0 Å². The number of hydrogen-bond acceptors (Lipinski definition) is 4. The highest BCUT2D eigenvalue weighted by atomic mass is 35.5. The van der Waals surface area contributed by atoms with Crippen molar-refractivity contribution in [1.82, 2.24) is 14.9 Å². The van der Waals surface area contributed by atoms with Crippen LogP contribution in [0.5, 0.6) is 5.75 Å². The summed E-state index contributed by atoms with van der Waals surface area (Å²) in [5, 5.41) is 3.09. The Kier molecular flexibility index (Phi) is 7.23. The van der Waals surface area contributed by atoms with Crippen molar-refractivity contribution < 1.29 is 13.9 Å². The molecule has 0 aliphatic rings. The molecule has 0 radical (unpaired) electrons. The summed E-state index contributed by atoms with van der Waals surface area (Å²) in [5.41, 5.74) is 2.18. The molecular weight excluding hydrogens is 457 g/mol. The molecule has 6 nitrogen and oxygen atoms in total. The topological polar surface area (TPSA) is 73.2 Å². The van der Waals surface area contributed by atoms with Crippen LogP contribution in [-0.4, -0.2) is 22.6 Å². The van der Waals surface area contributed by atoms with Gasteiger partial charge in [0.15, 0.2) is 0 Å². The van der Waals surface area contributed by atoms with E-state index in [1.807, 2.05) is 30.3 Å². The molecule has 0 unspecified atom stereocenters. The third-order valence-electron chi connectivity index (χ3n) is 5.54. The number of aromatic nitrogens is 2. The van der Waals surface area contributed by atoms with E-state index in [1.165, 1.54) is 16.7 Å². The van der Waals surface area contributed by atoms with Gasteiger partial charge >= 0.3 is 0 Å². The Morgan fingerprint density at radius 2 is 1.85 bits per heavy atom. The summed E-state index contributed by atoms with van der Waals surface area (Å²) >= 11 is 6.20. The molecule has 0 saturated heterocycles. The van der Waals surface area contributed by atoms with Gasteiger partial charge in [0.2, 0.25) is 5.91 Å². The van der Waals surface area contributed by atoms with E-state index in [9.17, 15) is 14.0 Å².